The van der Waals surface area contributed by atoms with E-state index in [1.54, 1.807) is 6.20 Å². The van der Waals surface area contributed by atoms with Crippen molar-refractivity contribution >= 4 is 11.6 Å². The van der Waals surface area contributed by atoms with Crippen LogP contribution in [-0.2, 0) is 0 Å². The predicted molar refractivity (Wildman–Crippen MR) is 66.5 cm³/mol. The Labute approximate surface area is 100 Å². The van der Waals surface area contributed by atoms with Gasteiger partial charge in [-0.3, -0.25) is 4.98 Å². The van der Waals surface area contributed by atoms with Crippen molar-refractivity contribution in [2.45, 2.75) is 13.0 Å². The molecule has 0 aliphatic rings. The van der Waals surface area contributed by atoms with Gasteiger partial charge in [0.2, 0.25) is 0 Å². The lowest BCUT2D eigenvalue weighted by Gasteiger charge is -2.13. The van der Waals surface area contributed by atoms with Gasteiger partial charge in [-0.2, -0.15) is 0 Å². The van der Waals surface area contributed by atoms with Crippen molar-refractivity contribution in [2.75, 3.05) is 0 Å². The van der Waals surface area contributed by atoms with Crippen molar-refractivity contribution in [3.63, 3.8) is 0 Å². The van der Waals surface area contributed by atoms with Crippen LogP contribution in [0.5, 0.6) is 0 Å². The van der Waals surface area contributed by atoms with Gasteiger partial charge in [0.1, 0.15) is 0 Å². The van der Waals surface area contributed by atoms with Crippen molar-refractivity contribution < 1.29 is 0 Å². The monoisotopic (exact) mass is 232 g/mol. The molecule has 1 unspecified atom stereocenters. The first kappa shape index (κ1) is 11.1. The van der Waals surface area contributed by atoms with Crippen LogP contribution in [0.2, 0.25) is 5.02 Å². The third-order valence-corrected chi connectivity index (χ3v) is 2.72. The number of nitrogens with zero attached hydrogens (tertiary/aromatic N) is 1. The fraction of sp³-hybridized carbons (Fsp3) is 0.154. The van der Waals surface area contributed by atoms with Crippen LogP contribution >= 0.6 is 11.6 Å². The molecule has 0 amide bonds. The Hall–Kier alpha value is -1.38. The van der Waals surface area contributed by atoms with Gasteiger partial charge in [0.05, 0.1) is 6.04 Å². The van der Waals surface area contributed by atoms with E-state index in [0.717, 1.165) is 16.8 Å². The third kappa shape index (κ3) is 2.40. The van der Waals surface area contributed by atoms with Crippen molar-refractivity contribution in [3.05, 3.63) is 64.4 Å². The van der Waals surface area contributed by atoms with Crippen molar-refractivity contribution in [1.82, 2.24) is 4.98 Å². The van der Waals surface area contributed by atoms with Gasteiger partial charge in [0.15, 0.2) is 0 Å². The molecule has 0 aliphatic heterocycles. The minimum atomic E-state index is -0.152. The lowest BCUT2D eigenvalue weighted by Crippen LogP contribution is -2.12. The Balaban J connectivity index is 2.35. The second-order valence-electron chi connectivity index (χ2n) is 3.76. The van der Waals surface area contributed by atoms with E-state index in [9.17, 15) is 0 Å². The van der Waals surface area contributed by atoms with E-state index in [0.29, 0.717) is 5.02 Å². The first-order valence-electron chi connectivity index (χ1n) is 5.10. The normalized spacial score (nSPS) is 12.4. The van der Waals surface area contributed by atoms with E-state index in [-0.39, 0.29) is 6.04 Å². The standard InChI is InChI=1S/C13H13ClN2/c1-9-7-11(5-6-16-9)13(15)10-3-2-4-12(14)8-10/h2-8,13H,15H2,1H3. The van der Waals surface area contributed by atoms with Crippen LogP contribution in [0.1, 0.15) is 22.9 Å². The van der Waals surface area contributed by atoms with Crippen molar-refractivity contribution in [1.29, 1.82) is 0 Å². The molecule has 16 heavy (non-hydrogen) atoms. The number of pyridine rings is 1. The third-order valence-electron chi connectivity index (χ3n) is 2.49. The van der Waals surface area contributed by atoms with Crippen LogP contribution in [-0.4, -0.2) is 4.98 Å². The first-order valence-corrected chi connectivity index (χ1v) is 5.48. The van der Waals surface area contributed by atoms with Gasteiger partial charge in [0.25, 0.3) is 0 Å². The Morgan fingerprint density at radius 1 is 1.19 bits per heavy atom. The maximum Gasteiger partial charge on any atom is 0.0553 e. The largest absolute Gasteiger partial charge is 0.320 e. The molecule has 0 radical (unpaired) electrons. The zero-order chi connectivity index (χ0) is 11.5. The number of benzene rings is 1. The number of nitrogens with two attached hydrogens (primary N) is 1. The van der Waals surface area contributed by atoms with Crippen LogP contribution in [0.4, 0.5) is 0 Å². The van der Waals surface area contributed by atoms with E-state index in [2.05, 4.69) is 4.98 Å². The summed E-state index contributed by atoms with van der Waals surface area (Å²) in [4.78, 5) is 4.15. The second kappa shape index (κ2) is 4.64. The molecular weight excluding hydrogens is 220 g/mol. The average Bonchev–Trinajstić information content (AvgIpc) is 2.28. The summed E-state index contributed by atoms with van der Waals surface area (Å²) in [6.07, 6.45) is 1.77. The van der Waals surface area contributed by atoms with Crippen molar-refractivity contribution in [2.24, 2.45) is 5.73 Å². The van der Waals surface area contributed by atoms with Crippen molar-refractivity contribution in [3.8, 4) is 0 Å². The minimum absolute atomic E-state index is 0.152. The van der Waals surface area contributed by atoms with E-state index < -0.39 is 0 Å². The summed E-state index contributed by atoms with van der Waals surface area (Å²) in [5.41, 5.74) is 9.20. The van der Waals surface area contributed by atoms with Crippen LogP contribution in [0.25, 0.3) is 0 Å². The molecule has 1 atom stereocenters. The van der Waals surface area contributed by atoms with E-state index in [4.69, 9.17) is 17.3 Å². The maximum atomic E-state index is 6.17. The van der Waals surface area contributed by atoms with Gasteiger partial charge in [-0.05, 0) is 42.3 Å². The van der Waals surface area contributed by atoms with Gasteiger partial charge in [-0.15, -0.1) is 0 Å². The molecule has 0 saturated carbocycles. The van der Waals surface area contributed by atoms with Crippen LogP contribution in [0.15, 0.2) is 42.6 Å². The van der Waals surface area contributed by atoms with Crippen LogP contribution in [0, 0.1) is 6.92 Å². The highest BCUT2D eigenvalue weighted by atomic mass is 35.5. The topological polar surface area (TPSA) is 38.9 Å². The van der Waals surface area contributed by atoms with Gasteiger partial charge >= 0.3 is 0 Å². The highest BCUT2D eigenvalue weighted by Gasteiger charge is 2.09. The van der Waals surface area contributed by atoms with Gasteiger partial charge in [-0.25, -0.2) is 0 Å². The number of rotatable bonds is 2. The molecule has 3 heteroatoms. The van der Waals surface area contributed by atoms with Gasteiger partial charge < -0.3 is 5.73 Å². The number of halogens is 1. The molecule has 0 saturated heterocycles. The Kier molecular flexibility index (Phi) is 3.22. The summed E-state index contributed by atoms with van der Waals surface area (Å²) in [5.74, 6) is 0. The van der Waals surface area contributed by atoms with Crippen LogP contribution in [0.3, 0.4) is 0 Å². The summed E-state index contributed by atoms with van der Waals surface area (Å²) in [7, 11) is 0. The summed E-state index contributed by atoms with van der Waals surface area (Å²) >= 11 is 5.94. The molecule has 82 valence electrons. The number of hydrogen-bond acceptors (Lipinski definition) is 2. The Morgan fingerprint density at radius 2 is 1.94 bits per heavy atom. The molecular formula is C13H13ClN2. The molecule has 2 nitrogen and oxygen atoms in total. The van der Waals surface area contributed by atoms with Crippen LogP contribution < -0.4 is 5.73 Å². The predicted octanol–water partition coefficient (Wildman–Crippen LogP) is 3.09. The Morgan fingerprint density at radius 3 is 2.62 bits per heavy atom. The van der Waals surface area contributed by atoms with Gasteiger partial charge in [0, 0.05) is 16.9 Å². The fourth-order valence-electron chi connectivity index (χ4n) is 1.65. The van der Waals surface area contributed by atoms with Gasteiger partial charge in [-0.1, -0.05) is 23.7 Å². The number of aryl methyl sites for hydroxylation is 1. The molecule has 2 N–H and O–H groups in total. The Bertz CT molecular complexity index is 451. The zero-order valence-electron chi connectivity index (χ0n) is 9.02. The van der Waals surface area contributed by atoms with E-state index in [1.165, 1.54) is 0 Å². The number of aromatic nitrogens is 1. The summed E-state index contributed by atoms with van der Waals surface area (Å²) in [5, 5.41) is 0.707. The molecule has 1 heterocycles. The lowest BCUT2D eigenvalue weighted by molar-refractivity contribution is 0.864. The molecule has 1 aromatic carbocycles. The van der Waals surface area contributed by atoms with E-state index in [1.807, 2.05) is 43.3 Å². The molecule has 0 bridgehead atoms. The summed E-state index contributed by atoms with van der Waals surface area (Å²) in [6, 6.07) is 11.4. The second-order valence-corrected chi connectivity index (χ2v) is 4.20. The molecule has 0 spiro atoms. The summed E-state index contributed by atoms with van der Waals surface area (Å²) < 4.78 is 0. The minimum Gasteiger partial charge on any atom is -0.320 e. The van der Waals surface area contributed by atoms with E-state index >= 15 is 0 Å². The smallest absolute Gasteiger partial charge is 0.0553 e. The highest BCUT2D eigenvalue weighted by molar-refractivity contribution is 6.30. The average molecular weight is 233 g/mol. The quantitative estimate of drug-likeness (QED) is 0.864. The lowest BCUT2D eigenvalue weighted by atomic mass is 10.0. The highest BCUT2D eigenvalue weighted by Crippen LogP contribution is 2.22. The summed E-state index contributed by atoms with van der Waals surface area (Å²) in [6.45, 7) is 1.95. The fourth-order valence-corrected chi connectivity index (χ4v) is 1.85. The first-order chi connectivity index (χ1) is 7.66. The molecule has 0 aliphatic carbocycles. The molecule has 2 aromatic rings. The molecule has 1 aromatic heterocycles. The maximum absolute atomic E-state index is 6.17. The molecule has 2 rings (SSSR count). The molecule has 0 fully saturated rings. The number of hydrogen-bond donors (Lipinski definition) is 1. The zero-order valence-corrected chi connectivity index (χ0v) is 9.78. The SMILES string of the molecule is Cc1cc(C(N)c2cccc(Cl)c2)ccn1.